The summed E-state index contributed by atoms with van der Waals surface area (Å²) < 4.78 is 0. The fraction of sp³-hybridized carbons (Fsp3) is 0.600. The van der Waals surface area contributed by atoms with Gasteiger partial charge in [-0.15, -0.1) is 0 Å². The minimum atomic E-state index is 0.259. The molecule has 0 saturated carbocycles. The highest BCUT2D eigenvalue weighted by Gasteiger charge is 1.91. The molecule has 1 N–H and O–H groups in total. The molecule has 0 bridgehead atoms. The van der Waals surface area contributed by atoms with Gasteiger partial charge in [-0.2, -0.15) is 0 Å². The summed E-state index contributed by atoms with van der Waals surface area (Å²) in [6, 6.07) is 0. The van der Waals surface area contributed by atoms with Gasteiger partial charge in [-0.05, 0) is 52.9 Å². The van der Waals surface area contributed by atoms with Crippen molar-refractivity contribution in [1.82, 2.24) is 0 Å². The number of hydrogen-bond donors (Lipinski definition) is 1. The monoisotopic (exact) mass is 222 g/mol. The van der Waals surface area contributed by atoms with Crippen LogP contribution in [0.3, 0.4) is 0 Å². The second-order valence-electron chi connectivity index (χ2n) is 4.26. The van der Waals surface area contributed by atoms with Crippen molar-refractivity contribution in [2.75, 3.05) is 6.61 Å². The van der Waals surface area contributed by atoms with E-state index in [1.54, 1.807) is 0 Å². The summed E-state index contributed by atoms with van der Waals surface area (Å²) in [5.41, 5.74) is 2.86. The van der Waals surface area contributed by atoms with Crippen molar-refractivity contribution in [2.24, 2.45) is 0 Å². The summed E-state index contributed by atoms with van der Waals surface area (Å²) in [5.74, 6) is 0. The van der Waals surface area contributed by atoms with Crippen LogP contribution in [-0.4, -0.2) is 11.7 Å². The molecule has 0 atom stereocenters. The SMILES string of the molecule is CC=CCCC(C)=CCCC(C)=CCCO. The average Bonchev–Trinajstić information content (AvgIpc) is 2.26. The number of aliphatic hydroxyl groups excluding tert-OH is 1. The lowest BCUT2D eigenvalue weighted by atomic mass is 10.1. The summed E-state index contributed by atoms with van der Waals surface area (Å²) in [6.45, 7) is 6.67. The molecule has 0 fully saturated rings. The predicted octanol–water partition coefficient (Wildman–Crippen LogP) is 4.40. The number of allylic oxidation sites excluding steroid dienone is 5. The van der Waals surface area contributed by atoms with E-state index in [2.05, 4.69) is 45.1 Å². The van der Waals surface area contributed by atoms with Crippen LogP contribution in [0.15, 0.2) is 35.5 Å². The van der Waals surface area contributed by atoms with Crippen molar-refractivity contribution >= 4 is 0 Å². The van der Waals surface area contributed by atoms with Crippen molar-refractivity contribution in [3.63, 3.8) is 0 Å². The summed E-state index contributed by atoms with van der Waals surface area (Å²) in [7, 11) is 0. The molecule has 0 heterocycles. The fourth-order valence-electron chi connectivity index (χ4n) is 1.54. The number of hydrogen-bond acceptors (Lipinski definition) is 1. The minimum Gasteiger partial charge on any atom is -0.396 e. The lowest BCUT2D eigenvalue weighted by Gasteiger charge is -2.00. The van der Waals surface area contributed by atoms with Gasteiger partial charge in [0.05, 0.1) is 0 Å². The molecule has 16 heavy (non-hydrogen) atoms. The van der Waals surface area contributed by atoms with Gasteiger partial charge in [0.2, 0.25) is 0 Å². The Bertz CT molecular complexity index is 246. The molecule has 0 aromatic heterocycles. The second kappa shape index (κ2) is 10.7. The third-order valence-corrected chi connectivity index (χ3v) is 2.59. The van der Waals surface area contributed by atoms with Gasteiger partial charge in [0.1, 0.15) is 0 Å². The van der Waals surface area contributed by atoms with Gasteiger partial charge in [-0.1, -0.05) is 35.5 Å². The molecule has 0 aromatic carbocycles. The predicted molar refractivity (Wildman–Crippen MR) is 72.5 cm³/mol. The zero-order valence-electron chi connectivity index (χ0n) is 11.0. The maximum atomic E-state index is 8.69. The highest BCUT2D eigenvalue weighted by atomic mass is 16.2. The Morgan fingerprint density at radius 2 is 1.50 bits per heavy atom. The van der Waals surface area contributed by atoms with Crippen molar-refractivity contribution in [3.05, 3.63) is 35.5 Å². The van der Waals surface area contributed by atoms with Gasteiger partial charge < -0.3 is 5.11 Å². The standard InChI is InChI=1S/C15H26O/c1-4-5-6-9-14(2)10-7-11-15(3)12-8-13-16/h4-5,10,12,16H,6-9,11,13H2,1-3H3. The van der Waals surface area contributed by atoms with Crippen LogP contribution >= 0.6 is 0 Å². The van der Waals surface area contributed by atoms with E-state index in [1.165, 1.54) is 17.6 Å². The molecule has 0 aromatic rings. The summed E-state index contributed by atoms with van der Waals surface area (Å²) in [5, 5.41) is 8.69. The molecular weight excluding hydrogens is 196 g/mol. The zero-order chi connectivity index (χ0) is 12.2. The fourth-order valence-corrected chi connectivity index (χ4v) is 1.54. The van der Waals surface area contributed by atoms with Crippen molar-refractivity contribution in [1.29, 1.82) is 0 Å². The van der Waals surface area contributed by atoms with E-state index in [1.807, 2.05) is 0 Å². The van der Waals surface area contributed by atoms with Gasteiger partial charge >= 0.3 is 0 Å². The van der Waals surface area contributed by atoms with E-state index in [9.17, 15) is 0 Å². The first-order valence-corrected chi connectivity index (χ1v) is 6.24. The molecule has 1 nitrogen and oxygen atoms in total. The summed E-state index contributed by atoms with van der Waals surface area (Å²) in [6.07, 6.45) is 14.1. The maximum Gasteiger partial charge on any atom is 0.0465 e. The highest BCUT2D eigenvalue weighted by Crippen LogP contribution is 2.10. The molecule has 0 radical (unpaired) electrons. The number of rotatable bonds is 8. The van der Waals surface area contributed by atoms with E-state index < -0.39 is 0 Å². The Kier molecular flexibility index (Phi) is 10.1. The van der Waals surface area contributed by atoms with Crippen molar-refractivity contribution < 1.29 is 5.11 Å². The van der Waals surface area contributed by atoms with Crippen LogP contribution in [0.4, 0.5) is 0 Å². The topological polar surface area (TPSA) is 20.2 Å². The van der Waals surface area contributed by atoms with Gasteiger partial charge in [0.25, 0.3) is 0 Å². The molecule has 0 rings (SSSR count). The van der Waals surface area contributed by atoms with Crippen LogP contribution in [0.5, 0.6) is 0 Å². The molecule has 0 aliphatic rings. The van der Waals surface area contributed by atoms with E-state index in [0.717, 1.165) is 25.7 Å². The maximum absolute atomic E-state index is 8.69. The summed E-state index contributed by atoms with van der Waals surface area (Å²) >= 11 is 0. The second-order valence-corrected chi connectivity index (χ2v) is 4.26. The third kappa shape index (κ3) is 9.72. The Labute approximate surface area is 101 Å². The Hall–Kier alpha value is -0.820. The van der Waals surface area contributed by atoms with Crippen LogP contribution in [0.1, 0.15) is 52.9 Å². The zero-order valence-corrected chi connectivity index (χ0v) is 11.0. The van der Waals surface area contributed by atoms with Gasteiger partial charge in [-0.3, -0.25) is 0 Å². The molecule has 92 valence electrons. The van der Waals surface area contributed by atoms with Crippen molar-refractivity contribution in [2.45, 2.75) is 52.9 Å². The lowest BCUT2D eigenvalue weighted by Crippen LogP contribution is -1.82. The Morgan fingerprint density at radius 1 is 0.938 bits per heavy atom. The van der Waals surface area contributed by atoms with Gasteiger partial charge in [0.15, 0.2) is 0 Å². The van der Waals surface area contributed by atoms with E-state index in [-0.39, 0.29) is 6.61 Å². The Balaban J connectivity index is 3.72. The van der Waals surface area contributed by atoms with Crippen molar-refractivity contribution in [3.8, 4) is 0 Å². The number of aliphatic hydroxyl groups is 1. The normalized spacial score (nSPS) is 13.8. The molecule has 0 amide bonds. The first kappa shape index (κ1) is 15.2. The van der Waals surface area contributed by atoms with E-state index in [4.69, 9.17) is 5.11 Å². The van der Waals surface area contributed by atoms with Crippen LogP contribution < -0.4 is 0 Å². The molecule has 0 saturated heterocycles. The quantitative estimate of drug-likeness (QED) is 0.604. The van der Waals surface area contributed by atoms with Gasteiger partial charge in [0, 0.05) is 6.61 Å². The molecule has 1 heteroatoms. The third-order valence-electron chi connectivity index (χ3n) is 2.59. The largest absolute Gasteiger partial charge is 0.396 e. The van der Waals surface area contributed by atoms with E-state index in [0.29, 0.717) is 0 Å². The lowest BCUT2D eigenvalue weighted by molar-refractivity contribution is 0.302. The smallest absolute Gasteiger partial charge is 0.0465 e. The molecular formula is C15H26O. The molecule has 0 unspecified atom stereocenters. The molecule has 0 aliphatic carbocycles. The summed E-state index contributed by atoms with van der Waals surface area (Å²) in [4.78, 5) is 0. The first-order valence-electron chi connectivity index (χ1n) is 6.24. The van der Waals surface area contributed by atoms with Gasteiger partial charge in [-0.25, -0.2) is 0 Å². The highest BCUT2D eigenvalue weighted by molar-refractivity contribution is 5.04. The molecule has 0 aliphatic heterocycles. The van der Waals surface area contributed by atoms with E-state index >= 15 is 0 Å². The van der Waals surface area contributed by atoms with Crippen LogP contribution in [0.2, 0.25) is 0 Å². The first-order chi connectivity index (χ1) is 7.70. The minimum absolute atomic E-state index is 0.259. The molecule has 0 spiro atoms. The average molecular weight is 222 g/mol. The van der Waals surface area contributed by atoms with Crippen LogP contribution in [0, 0.1) is 0 Å². The van der Waals surface area contributed by atoms with Crippen LogP contribution in [0.25, 0.3) is 0 Å². The van der Waals surface area contributed by atoms with Crippen LogP contribution in [-0.2, 0) is 0 Å². The Morgan fingerprint density at radius 3 is 2.06 bits per heavy atom.